The first-order valence-corrected chi connectivity index (χ1v) is 6.41. The molecule has 18 heavy (non-hydrogen) atoms. The minimum absolute atomic E-state index is 0.0474. The number of likely N-dealkylation sites (tertiary alicyclic amines) is 1. The fraction of sp³-hybridized carbons (Fsp3) is 0.500. The molecule has 1 atom stereocenters. The summed E-state index contributed by atoms with van der Waals surface area (Å²) in [4.78, 5) is 14.0. The number of piperidine rings is 1. The molecule has 1 aromatic carbocycles. The van der Waals surface area contributed by atoms with Gasteiger partial charge in [-0.1, -0.05) is 18.6 Å². The van der Waals surface area contributed by atoms with Crippen molar-refractivity contribution in [2.24, 2.45) is 0 Å². The predicted molar refractivity (Wildman–Crippen MR) is 68.5 cm³/mol. The summed E-state index contributed by atoms with van der Waals surface area (Å²) in [5, 5.41) is 2.72. The third kappa shape index (κ3) is 3.07. The summed E-state index contributed by atoms with van der Waals surface area (Å²) >= 11 is 0. The Labute approximate surface area is 107 Å². The lowest BCUT2D eigenvalue weighted by Crippen LogP contribution is -2.48. The molecule has 0 aromatic heterocycles. The quantitative estimate of drug-likeness (QED) is 0.889. The first-order valence-electron chi connectivity index (χ1n) is 6.41. The van der Waals surface area contributed by atoms with Gasteiger partial charge in [-0.2, -0.15) is 0 Å². The maximum Gasteiger partial charge on any atom is 0.237 e. The zero-order chi connectivity index (χ0) is 13.0. The number of halogens is 1. The van der Waals surface area contributed by atoms with Crippen LogP contribution in [0, 0.1) is 5.82 Å². The molecule has 1 heterocycles. The fourth-order valence-electron chi connectivity index (χ4n) is 2.47. The lowest BCUT2D eigenvalue weighted by atomic mass is 10.0. The third-order valence-corrected chi connectivity index (χ3v) is 3.46. The molecule has 98 valence electrons. The van der Waals surface area contributed by atoms with E-state index in [1.807, 2.05) is 0 Å². The Morgan fingerprint density at radius 2 is 2.11 bits per heavy atom. The largest absolute Gasteiger partial charge is 0.358 e. The number of rotatable bonds is 3. The van der Waals surface area contributed by atoms with E-state index in [4.69, 9.17) is 0 Å². The molecule has 0 spiro atoms. The Hall–Kier alpha value is -1.42. The summed E-state index contributed by atoms with van der Waals surface area (Å²) in [7, 11) is 1.67. The smallest absolute Gasteiger partial charge is 0.237 e. The van der Waals surface area contributed by atoms with Gasteiger partial charge in [0.1, 0.15) is 5.82 Å². The molecule has 1 saturated heterocycles. The topological polar surface area (TPSA) is 32.3 Å². The number of amides is 1. The summed E-state index contributed by atoms with van der Waals surface area (Å²) in [6.07, 6.45) is 3.12. The number of likely N-dealkylation sites (N-methyl/N-ethyl adjacent to an activating group) is 1. The van der Waals surface area contributed by atoms with Crippen molar-refractivity contribution >= 4 is 5.91 Å². The number of nitrogens with one attached hydrogen (secondary N) is 1. The van der Waals surface area contributed by atoms with Gasteiger partial charge in [-0.25, -0.2) is 4.39 Å². The van der Waals surface area contributed by atoms with Crippen LogP contribution in [0.2, 0.25) is 0 Å². The number of benzene rings is 1. The molecule has 0 aliphatic carbocycles. The van der Waals surface area contributed by atoms with Gasteiger partial charge in [-0.15, -0.1) is 0 Å². The number of hydrogen-bond donors (Lipinski definition) is 1. The number of carbonyl (C=O) groups excluding carboxylic acids is 1. The van der Waals surface area contributed by atoms with Gasteiger partial charge in [0.2, 0.25) is 5.91 Å². The average Bonchev–Trinajstić information content (AvgIpc) is 2.41. The minimum Gasteiger partial charge on any atom is -0.358 e. The summed E-state index contributed by atoms with van der Waals surface area (Å²) in [6, 6.07) is 6.45. The lowest BCUT2D eigenvalue weighted by molar-refractivity contribution is -0.127. The first kappa shape index (κ1) is 13.0. The molecule has 1 aliphatic heterocycles. The Morgan fingerprint density at radius 3 is 2.78 bits per heavy atom. The van der Waals surface area contributed by atoms with E-state index in [0.717, 1.165) is 31.4 Å². The van der Waals surface area contributed by atoms with Gasteiger partial charge in [-0.05, 0) is 37.1 Å². The van der Waals surface area contributed by atoms with E-state index in [1.54, 1.807) is 19.2 Å². The molecule has 1 aromatic rings. The van der Waals surface area contributed by atoms with Crippen LogP contribution in [0.3, 0.4) is 0 Å². The molecular weight excluding hydrogens is 231 g/mol. The van der Waals surface area contributed by atoms with Gasteiger partial charge in [-0.3, -0.25) is 9.69 Å². The number of carbonyl (C=O) groups is 1. The van der Waals surface area contributed by atoms with Crippen LogP contribution >= 0.6 is 0 Å². The Bertz CT molecular complexity index is 405. The summed E-state index contributed by atoms with van der Waals surface area (Å²) < 4.78 is 12.8. The normalized spacial score (nSPS) is 20.7. The highest BCUT2D eigenvalue weighted by molar-refractivity contribution is 5.81. The summed E-state index contributed by atoms with van der Waals surface area (Å²) in [5.41, 5.74) is 1.05. The average molecular weight is 250 g/mol. The molecule has 4 heteroatoms. The Balaban J connectivity index is 2.05. The lowest BCUT2D eigenvalue weighted by Gasteiger charge is -2.34. The van der Waals surface area contributed by atoms with E-state index in [1.165, 1.54) is 12.1 Å². The highest BCUT2D eigenvalue weighted by Gasteiger charge is 2.27. The number of nitrogens with zero attached hydrogens (tertiary/aromatic N) is 1. The van der Waals surface area contributed by atoms with Crippen LogP contribution in [0.5, 0.6) is 0 Å². The van der Waals surface area contributed by atoms with Crippen LogP contribution in [0.25, 0.3) is 0 Å². The zero-order valence-corrected chi connectivity index (χ0v) is 10.7. The van der Waals surface area contributed by atoms with Crippen molar-refractivity contribution in [1.29, 1.82) is 0 Å². The van der Waals surface area contributed by atoms with E-state index >= 15 is 0 Å². The molecular formula is C14H19FN2O. The molecule has 1 amide bonds. The van der Waals surface area contributed by atoms with Crippen molar-refractivity contribution in [1.82, 2.24) is 10.2 Å². The third-order valence-electron chi connectivity index (χ3n) is 3.46. The van der Waals surface area contributed by atoms with E-state index in [0.29, 0.717) is 6.54 Å². The van der Waals surface area contributed by atoms with Gasteiger partial charge in [0, 0.05) is 13.6 Å². The SMILES string of the molecule is CNC(=O)[C@H]1CCCCN1Cc1ccc(F)cc1. The van der Waals surface area contributed by atoms with Crippen LogP contribution in [-0.2, 0) is 11.3 Å². The van der Waals surface area contributed by atoms with Crippen LogP contribution < -0.4 is 5.32 Å². The first-order chi connectivity index (χ1) is 8.70. The van der Waals surface area contributed by atoms with Gasteiger partial charge in [0.15, 0.2) is 0 Å². The van der Waals surface area contributed by atoms with Crippen molar-refractivity contribution in [2.75, 3.05) is 13.6 Å². The Morgan fingerprint density at radius 1 is 1.39 bits per heavy atom. The molecule has 2 rings (SSSR count). The van der Waals surface area contributed by atoms with Gasteiger partial charge in [0.25, 0.3) is 0 Å². The Kier molecular flexibility index (Phi) is 4.31. The van der Waals surface area contributed by atoms with Gasteiger partial charge in [0.05, 0.1) is 6.04 Å². The maximum atomic E-state index is 12.8. The van der Waals surface area contributed by atoms with E-state index < -0.39 is 0 Å². The monoisotopic (exact) mass is 250 g/mol. The van der Waals surface area contributed by atoms with Crippen molar-refractivity contribution in [3.63, 3.8) is 0 Å². The molecule has 1 N–H and O–H groups in total. The fourth-order valence-corrected chi connectivity index (χ4v) is 2.47. The van der Waals surface area contributed by atoms with Gasteiger partial charge < -0.3 is 5.32 Å². The van der Waals surface area contributed by atoms with Crippen molar-refractivity contribution in [3.05, 3.63) is 35.6 Å². The van der Waals surface area contributed by atoms with Crippen molar-refractivity contribution in [3.8, 4) is 0 Å². The highest BCUT2D eigenvalue weighted by atomic mass is 19.1. The van der Waals surface area contributed by atoms with Crippen molar-refractivity contribution < 1.29 is 9.18 Å². The summed E-state index contributed by atoms with van der Waals surface area (Å²) in [5.74, 6) is -0.142. The standard InChI is InChI=1S/C14H19FN2O/c1-16-14(18)13-4-2-3-9-17(13)10-11-5-7-12(15)8-6-11/h5-8,13H,2-4,9-10H2,1H3,(H,16,18)/t13-/m1/s1. The van der Waals surface area contributed by atoms with Crippen LogP contribution in [0.4, 0.5) is 4.39 Å². The van der Waals surface area contributed by atoms with Crippen LogP contribution in [0.15, 0.2) is 24.3 Å². The maximum absolute atomic E-state index is 12.8. The number of hydrogen-bond acceptors (Lipinski definition) is 2. The zero-order valence-electron chi connectivity index (χ0n) is 10.7. The molecule has 3 nitrogen and oxygen atoms in total. The molecule has 0 saturated carbocycles. The van der Waals surface area contributed by atoms with Gasteiger partial charge >= 0.3 is 0 Å². The molecule has 1 aliphatic rings. The van der Waals surface area contributed by atoms with E-state index in [2.05, 4.69) is 10.2 Å². The van der Waals surface area contributed by atoms with Crippen molar-refractivity contribution in [2.45, 2.75) is 31.8 Å². The minimum atomic E-state index is -0.222. The molecule has 0 bridgehead atoms. The predicted octanol–water partition coefficient (Wildman–Crippen LogP) is 1.93. The second-order valence-corrected chi connectivity index (χ2v) is 4.72. The van der Waals surface area contributed by atoms with Crippen LogP contribution in [-0.4, -0.2) is 30.4 Å². The molecule has 0 radical (unpaired) electrons. The molecule has 1 fully saturated rings. The van der Waals surface area contributed by atoms with E-state index in [9.17, 15) is 9.18 Å². The summed E-state index contributed by atoms with van der Waals surface area (Å²) in [6.45, 7) is 1.63. The highest BCUT2D eigenvalue weighted by Crippen LogP contribution is 2.19. The second kappa shape index (κ2) is 5.96. The van der Waals surface area contributed by atoms with E-state index in [-0.39, 0.29) is 17.8 Å². The van der Waals surface area contributed by atoms with Crippen LogP contribution in [0.1, 0.15) is 24.8 Å². The second-order valence-electron chi connectivity index (χ2n) is 4.72. The molecule has 0 unspecified atom stereocenters.